The number of rotatable bonds is 1. The van der Waals surface area contributed by atoms with Crippen LogP contribution >= 0.6 is 0 Å². The van der Waals surface area contributed by atoms with Gasteiger partial charge in [-0.1, -0.05) is 27.7 Å². The van der Waals surface area contributed by atoms with Gasteiger partial charge < -0.3 is 4.74 Å². The Morgan fingerprint density at radius 1 is 1.35 bits per heavy atom. The van der Waals surface area contributed by atoms with Crippen LogP contribution in [0.4, 0.5) is 0 Å². The molecule has 2 rings (SSSR count). The number of hydrogen-bond donors (Lipinski definition) is 0. The van der Waals surface area contributed by atoms with Crippen molar-refractivity contribution in [3.8, 4) is 0 Å². The Labute approximate surface area is 105 Å². The van der Waals surface area contributed by atoms with Crippen LogP contribution in [-0.4, -0.2) is 12.1 Å². The molecule has 0 aromatic rings. The summed E-state index contributed by atoms with van der Waals surface area (Å²) in [5.41, 5.74) is 0.307. The van der Waals surface area contributed by atoms with Crippen molar-refractivity contribution >= 4 is 5.97 Å². The number of esters is 1. The third kappa shape index (κ3) is 1.90. The molecule has 17 heavy (non-hydrogen) atoms. The fraction of sp³-hybridized carbons (Fsp3) is 0.933. The lowest BCUT2D eigenvalue weighted by molar-refractivity contribution is -0.196. The highest BCUT2D eigenvalue weighted by Gasteiger charge is 2.56. The van der Waals surface area contributed by atoms with Crippen LogP contribution in [-0.2, 0) is 9.53 Å². The second kappa shape index (κ2) is 4.00. The Morgan fingerprint density at radius 2 is 2.00 bits per heavy atom. The van der Waals surface area contributed by atoms with Gasteiger partial charge in [0.15, 0.2) is 0 Å². The lowest BCUT2D eigenvalue weighted by atomic mass is 9.50. The fourth-order valence-corrected chi connectivity index (χ4v) is 3.89. The van der Waals surface area contributed by atoms with Crippen LogP contribution in [0.15, 0.2) is 0 Å². The number of carbonyl (C=O) groups is 1. The van der Waals surface area contributed by atoms with Crippen LogP contribution < -0.4 is 0 Å². The van der Waals surface area contributed by atoms with Crippen molar-refractivity contribution in [2.75, 3.05) is 0 Å². The Morgan fingerprint density at radius 3 is 2.59 bits per heavy atom. The van der Waals surface area contributed by atoms with Gasteiger partial charge in [-0.3, -0.25) is 4.79 Å². The molecule has 0 spiro atoms. The third-order valence-corrected chi connectivity index (χ3v) is 5.81. The Bertz CT molecular complexity index is 323. The standard InChI is InChI=1S/C15H26O2/c1-10(2)12-6-7-14(4)9-13(16)17-11(3)15(14,5)8-12/h10-12H,6-9H2,1-5H3/t11-,12+,14+,15-/m0/s1. The summed E-state index contributed by atoms with van der Waals surface area (Å²) in [5, 5.41) is 0. The third-order valence-electron chi connectivity index (χ3n) is 5.81. The van der Waals surface area contributed by atoms with Crippen molar-refractivity contribution < 1.29 is 9.53 Å². The van der Waals surface area contributed by atoms with Crippen LogP contribution in [0.2, 0.25) is 0 Å². The van der Waals surface area contributed by atoms with Crippen LogP contribution in [0.1, 0.15) is 60.3 Å². The molecule has 0 bridgehead atoms. The zero-order valence-corrected chi connectivity index (χ0v) is 11.9. The van der Waals surface area contributed by atoms with E-state index < -0.39 is 0 Å². The predicted molar refractivity (Wildman–Crippen MR) is 68.6 cm³/mol. The van der Waals surface area contributed by atoms with E-state index in [1.807, 2.05) is 0 Å². The number of fused-ring (bicyclic) bond motifs is 1. The van der Waals surface area contributed by atoms with Crippen molar-refractivity contribution in [1.82, 2.24) is 0 Å². The van der Waals surface area contributed by atoms with Crippen LogP contribution in [0.5, 0.6) is 0 Å². The van der Waals surface area contributed by atoms with Gasteiger partial charge >= 0.3 is 5.97 Å². The highest BCUT2D eigenvalue weighted by Crippen LogP contribution is 2.59. The van der Waals surface area contributed by atoms with Crippen molar-refractivity contribution in [2.45, 2.75) is 66.4 Å². The molecule has 0 aromatic carbocycles. The number of ether oxygens (including phenoxy) is 1. The highest BCUT2D eigenvalue weighted by atomic mass is 16.5. The molecule has 0 radical (unpaired) electrons. The van der Waals surface area contributed by atoms with E-state index in [0.717, 1.165) is 11.8 Å². The molecule has 1 heterocycles. The van der Waals surface area contributed by atoms with Gasteiger partial charge in [-0.05, 0) is 43.4 Å². The topological polar surface area (TPSA) is 26.3 Å². The molecule has 1 aliphatic heterocycles. The quantitative estimate of drug-likeness (QED) is 0.650. The lowest BCUT2D eigenvalue weighted by Crippen LogP contribution is -2.56. The monoisotopic (exact) mass is 238 g/mol. The molecule has 4 atom stereocenters. The van der Waals surface area contributed by atoms with Gasteiger partial charge in [0.1, 0.15) is 6.10 Å². The normalized spacial score (nSPS) is 46.6. The van der Waals surface area contributed by atoms with Gasteiger partial charge in [-0.2, -0.15) is 0 Å². The van der Waals surface area contributed by atoms with Gasteiger partial charge in [-0.25, -0.2) is 0 Å². The zero-order chi connectivity index (χ0) is 12.8. The summed E-state index contributed by atoms with van der Waals surface area (Å²) < 4.78 is 5.51. The van der Waals surface area contributed by atoms with Gasteiger partial charge in [0.05, 0.1) is 6.42 Å². The van der Waals surface area contributed by atoms with Gasteiger partial charge in [0, 0.05) is 5.41 Å². The Hall–Kier alpha value is -0.530. The first-order valence-corrected chi connectivity index (χ1v) is 6.98. The number of hydrogen-bond acceptors (Lipinski definition) is 2. The summed E-state index contributed by atoms with van der Waals surface area (Å²) in [4.78, 5) is 11.7. The smallest absolute Gasteiger partial charge is 0.306 e. The summed E-state index contributed by atoms with van der Waals surface area (Å²) >= 11 is 0. The Kier molecular flexibility index (Phi) is 3.04. The van der Waals surface area contributed by atoms with E-state index in [1.54, 1.807) is 0 Å². The maximum absolute atomic E-state index is 11.7. The lowest BCUT2D eigenvalue weighted by Gasteiger charge is -2.57. The zero-order valence-electron chi connectivity index (χ0n) is 11.9. The minimum Gasteiger partial charge on any atom is -0.462 e. The maximum atomic E-state index is 11.7. The van der Waals surface area contributed by atoms with Crippen molar-refractivity contribution in [1.29, 1.82) is 0 Å². The molecule has 0 unspecified atom stereocenters. The van der Waals surface area contributed by atoms with E-state index in [2.05, 4.69) is 34.6 Å². The molecule has 1 aliphatic carbocycles. The van der Waals surface area contributed by atoms with Crippen LogP contribution in [0.25, 0.3) is 0 Å². The summed E-state index contributed by atoms with van der Waals surface area (Å²) in [7, 11) is 0. The first-order valence-electron chi connectivity index (χ1n) is 6.98. The first kappa shape index (κ1) is 12.9. The van der Waals surface area contributed by atoms with E-state index in [-0.39, 0.29) is 22.9 Å². The molecule has 1 saturated heterocycles. The summed E-state index contributed by atoms with van der Waals surface area (Å²) in [6.07, 6.45) is 4.32. The highest BCUT2D eigenvalue weighted by molar-refractivity contribution is 5.71. The molecule has 2 nitrogen and oxygen atoms in total. The predicted octanol–water partition coefficient (Wildman–Crippen LogP) is 3.79. The van der Waals surface area contributed by atoms with Gasteiger partial charge in [0.25, 0.3) is 0 Å². The molecular formula is C15H26O2. The van der Waals surface area contributed by atoms with Crippen molar-refractivity contribution in [3.05, 3.63) is 0 Å². The minimum atomic E-state index is 0.000437. The average Bonchev–Trinajstić information content (AvgIpc) is 2.20. The molecule has 98 valence electrons. The van der Waals surface area contributed by atoms with Crippen molar-refractivity contribution in [2.24, 2.45) is 22.7 Å². The molecule has 0 aromatic heterocycles. The number of carbonyl (C=O) groups excluding carboxylic acids is 1. The minimum absolute atomic E-state index is 0.000437. The Balaban J connectivity index is 2.27. The molecule has 1 saturated carbocycles. The average molecular weight is 238 g/mol. The molecule has 0 N–H and O–H groups in total. The van der Waals surface area contributed by atoms with Gasteiger partial charge in [0.2, 0.25) is 0 Å². The van der Waals surface area contributed by atoms with E-state index in [1.165, 1.54) is 19.3 Å². The SMILES string of the molecule is CC(C)[C@@H]1CC[C@]2(C)CC(=O)O[C@@H](C)[C@]2(C)C1. The van der Waals surface area contributed by atoms with Crippen LogP contribution in [0, 0.1) is 22.7 Å². The molecular weight excluding hydrogens is 212 g/mol. The molecule has 2 fully saturated rings. The first-order chi connectivity index (χ1) is 7.78. The number of cyclic esters (lactones) is 1. The summed E-state index contributed by atoms with van der Waals surface area (Å²) in [5.74, 6) is 1.52. The summed E-state index contributed by atoms with van der Waals surface area (Å²) in [6.45, 7) is 11.3. The van der Waals surface area contributed by atoms with Gasteiger partial charge in [-0.15, -0.1) is 0 Å². The molecule has 0 amide bonds. The molecule has 2 aliphatic rings. The van der Waals surface area contributed by atoms with E-state index in [4.69, 9.17) is 4.74 Å². The van der Waals surface area contributed by atoms with Crippen LogP contribution in [0.3, 0.4) is 0 Å². The van der Waals surface area contributed by atoms with E-state index in [9.17, 15) is 4.79 Å². The largest absolute Gasteiger partial charge is 0.462 e. The fourth-order valence-electron chi connectivity index (χ4n) is 3.89. The second-order valence-electron chi connectivity index (χ2n) is 7.03. The van der Waals surface area contributed by atoms with E-state index >= 15 is 0 Å². The molecule has 2 heteroatoms. The van der Waals surface area contributed by atoms with E-state index in [0.29, 0.717) is 6.42 Å². The maximum Gasteiger partial charge on any atom is 0.306 e. The van der Waals surface area contributed by atoms with Crippen molar-refractivity contribution in [3.63, 3.8) is 0 Å². The summed E-state index contributed by atoms with van der Waals surface area (Å²) in [6, 6.07) is 0. The second-order valence-corrected chi connectivity index (χ2v) is 7.03.